The molecule has 232 valence electrons. The number of methoxy groups -OCH3 is 1. The summed E-state index contributed by atoms with van der Waals surface area (Å²) in [6.07, 6.45) is 1.60. The van der Waals surface area contributed by atoms with Crippen LogP contribution >= 0.6 is 11.6 Å². The maximum atomic E-state index is 15.2. The number of ether oxygens (including phenoxy) is 1. The molecule has 7 N–H and O–H groups in total. The summed E-state index contributed by atoms with van der Waals surface area (Å²) in [5.74, 6) is 3.15. The van der Waals surface area contributed by atoms with Crippen LogP contribution in [0, 0.1) is 17.6 Å². The molecule has 2 aromatic carbocycles. The Morgan fingerprint density at radius 3 is 2.64 bits per heavy atom. The van der Waals surface area contributed by atoms with E-state index in [9.17, 15) is 18.8 Å². The van der Waals surface area contributed by atoms with Crippen LogP contribution in [0.2, 0.25) is 5.02 Å². The molecule has 2 heterocycles. The number of allylic oxidation sites excluding steroid dienone is 1. The minimum Gasteiger partial charge on any atom is -0.453 e. The lowest BCUT2D eigenvalue weighted by atomic mass is 9.95. The van der Waals surface area contributed by atoms with Crippen LogP contribution in [0.5, 0.6) is 0 Å². The first-order valence-corrected chi connectivity index (χ1v) is 14.0. The number of nitrogens with two attached hydrogens (primary N) is 2. The molecule has 0 saturated carbocycles. The molecule has 0 saturated heterocycles. The van der Waals surface area contributed by atoms with E-state index in [-0.39, 0.29) is 39.3 Å². The number of halogens is 3. The second-order valence-corrected chi connectivity index (χ2v) is 10.7. The average Bonchev–Trinajstić information content (AvgIpc) is 3.00. The Bertz CT molecular complexity index is 1630. The molecule has 1 aromatic heterocycles. The Kier molecular flexibility index (Phi) is 10.0. The molecule has 2 unspecified atom stereocenters. The molecule has 3 amide bonds. The molecule has 0 radical (unpaired) electrons. The van der Waals surface area contributed by atoms with Gasteiger partial charge in [0.25, 0.3) is 5.91 Å². The molecular weight excluding hydrogens is 596 g/mol. The predicted molar refractivity (Wildman–Crippen MR) is 163 cm³/mol. The van der Waals surface area contributed by atoms with Gasteiger partial charge in [-0.2, -0.15) is 0 Å². The first-order valence-electron chi connectivity index (χ1n) is 13.6. The molecule has 0 spiro atoms. The molecule has 14 heteroatoms. The van der Waals surface area contributed by atoms with Gasteiger partial charge in [-0.25, -0.2) is 19.4 Å². The van der Waals surface area contributed by atoms with E-state index >= 15 is 4.39 Å². The highest BCUT2D eigenvalue weighted by atomic mass is 35.5. The zero-order chi connectivity index (χ0) is 32.1. The van der Waals surface area contributed by atoms with Gasteiger partial charge in [-0.15, -0.1) is 0 Å². The van der Waals surface area contributed by atoms with Crippen LogP contribution in [-0.4, -0.2) is 30.0 Å². The van der Waals surface area contributed by atoms with Gasteiger partial charge in [0.1, 0.15) is 11.5 Å². The van der Waals surface area contributed by atoms with Crippen molar-refractivity contribution >= 4 is 46.6 Å². The zero-order valence-corrected chi connectivity index (χ0v) is 25.0. The number of pyridine rings is 1. The highest BCUT2D eigenvalue weighted by Crippen LogP contribution is 2.35. The van der Waals surface area contributed by atoms with E-state index in [0.29, 0.717) is 36.2 Å². The predicted octanol–water partition coefficient (Wildman–Crippen LogP) is 5.34. The Morgan fingerprint density at radius 2 is 1.91 bits per heavy atom. The van der Waals surface area contributed by atoms with Crippen LogP contribution in [0.1, 0.15) is 44.8 Å². The van der Waals surface area contributed by atoms with Crippen molar-refractivity contribution in [2.75, 3.05) is 22.8 Å². The molecule has 2 bridgehead atoms. The Balaban J connectivity index is 1.71. The summed E-state index contributed by atoms with van der Waals surface area (Å²) in [6, 6.07) is 9.56. The first-order chi connectivity index (χ1) is 20.9. The van der Waals surface area contributed by atoms with Crippen LogP contribution in [0.15, 0.2) is 60.1 Å². The lowest BCUT2D eigenvalue weighted by Gasteiger charge is -2.24. The first kappa shape index (κ1) is 32.2. The maximum absolute atomic E-state index is 15.2. The van der Waals surface area contributed by atoms with Crippen molar-refractivity contribution in [1.82, 2.24) is 10.3 Å². The van der Waals surface area contributed by atoms with Crippen LogP contribution in [-0.2, 0) is 14.3 Å². The summed E-state index contributed by atoms with van der Waals surface area (Å²) in [5.41, 5.74) is 7.19. The third-order valence-corrected chi connectivity index (χ3v) is 7.59. The normalized spacial score (nSPS) is 17.1. The van der Waals surface area contributed by atoms with Gasteiger partial charge in [0.2, 0.25) is 5.91 Å². The van der Waals surface area contributed by atoms with E-state index < -0.39 is 35.6 Å². The Morgan fingerprint density at radius 1 is 1.16 bits per heavy atom. The Hall–Kier alpha value is -4.75. The molecule has 0 fully saturated rings. The summed E-state index contributed by atoms with van der Waals surface area (Å²) in [7, 11) is 1.21. The molecular formula is C30H32ClF2N7O4. The number of rotatable bonds is 5. The molecule has 0 aliphatic carbocycles. The van der Waals surface area contributed by atoms with Crippen molar-refractivity contribution in [3.05, 3.63) is 82.4 Å². The number of nitrogens with zero attached hydrogens (tertiary/aromatic N) is 2. The molecule has 4 rings (SSSR count). The minimum atomic E-state index is -0.779. The minimum absolute atomic E-state index is 0.0557. The standard InChI is InChI=1S/C30H32ClF2N7O4/c1-15-6-4-8-22(38-29(42)27(34)16(2)40(35)25-9-5-7-20(31)26(25)33)24-13-19(21(32)14-36-24)18-11-10-17(37-30(43)44-3)12-23(18)39-28(15)41/h5,7,9-15,22H,4,6,8,34-35H2,1-3H3,(H,37,43)(H,38,42)(H,39,41)/b27-16-. The van der Waals surface area contributed by atoms with Gasteiger partial charge in [-0.05, 0) is 50.1 Å². The molecule has 1 aliphatic heterocycles. The van der Waals surface area contributed by atoms with E-state index in [0.717, 1.165) is 11.2 Å². The number of aromatic nitrogens is 1. The van der Waals surface area contributed by atoms with Crippen molar-refractivity contribution in [2.24, 2.45) is 17.5 Å². The smallest absolute Gasteiger partial charge is 0.411 e. The third kappa shape index (κ3) is 7.06. The van der Waals surface area contributed by atoms with E-state index in [1.54, 1.807) is 13.0 Å². The molecule has 44 heavy (non-hydrogen) atoms. The number of hydrogen-bond donors (Lipinski definition) is 5. The molecule has 11 nitrogen and oxygen atoms in total. The van der Waals surface area contributed by atoms with Crippen LogP contribution in [0.25, 0.3) is 11.1 Å². The Labute approximate surface area is 257 Å². The number of hydrazine groups is 1. The van der Waals surface area contributed by atoms with Gasteiger partial charge in [0.15, 0.2) is 5.82 Å². The van der Waals surface area contributed by atoms with Crippen LogP contribution in [0.3, 0.4) is 0 Å². The number of carbonyl (C=O) groups excluding carboxylic acids is 3. The highest BCUT2D eigenvalue weighted by Gasteiger charge is 2.25. The zero-order valence-electron chi connectivity index (χ0n) is 24.2. The number of fused-ring (bicyclic) bond motifs is 4. The van der Waals surface area contributed by atoms with Crippen molar-refractivity contribution in [1.29, 1.82) is 0 Å². The monoisotopic (exact) mass is 627 g/mol. The van der Waals surface area contributed by atoms with Crippen molar-refractivity contribution in [3.8, 4) is 11.1 Å². The van der Waals surface area contributed by atoms with E-state index in [1.807, 2.05) is 0 Å². The van der Waals surface area contributed by atoms with Gasteiger partial charge in [0.05, 0.1) is 47.1 Å². The topological polar surface area (TPSA) is 165 Å². The average molecular weight is 628 g/mol. The summed E-state index contributed by atoms with van der Waals surface area (Å²) < 4.78 is 34.5. The second-order valence-electron chi connectivity index (χ2n) is 10.3. The molecule has 2 atom stereocenters. The lowest BCUT2D eigenvalue weighted by molar-refractivity contribution is -0.120. The van der Waals surface area contributed by atoms with E-state index in [1.165, 1.54) is 50.4 Å². The fourth-order valence-electron chi connectivity index (χ4n) is 4.68. The largest absolute Gasteiger partial charge is 0.453 e. The molecule has 3 aromatic rings. The van der Waals surface area contributed by atoms with Gasteiger partial charge >= 0.3 is 6.09 Å². The fourth-order valence-corrected chi connectivity index (χ4v) is 4.85. The van der Waals surface area contributed by atoms with Crippen molar-refractivity contribution < 1.29 is 27.9 Å². The van der Waals surface area contributed by atoms with Crippen molar-refractivity contribution in [2.45, 2.75) is 39.2 Å². The van der Waals surface area contributed by atoms with E-state index in [2.05, 4.69) is 25.7 Å². The molecule has 1 aliphatic rings. The van der Waals surface area contributed by atoms with Crippen molar-refractivity contribution in [3.63, 3.8) is 0 Å². The summed E-state index contributed by atoms with van der Waals surface area (Å²) in [4.78, 5) is 42.4. The second kappa shape index (κ2) is 13.7. The summed E-state index contributed by atoms with van der Waals surface area (Å²) in [6.45, 7) is 3.20. The van der Waals surface area contributed by atoms with Gasteiger partial charge in [-0.3, -0.25) is 24.9 Å². The van der Waals surface area contributed by atoms with Crippen LogP contribution < -0.4 is 32.5 Å². The lowest BCUT2D eigenvalue weighted by Crippen LogP contribution is -2.38. The fraction of sp³-hybridized carbons (Fsp3) is 0.267. The number of hydrogen-bond acceptors (Lipinski definition) is 8. The van der Waals surface area contributed by atoms with Gasteiger partial charge < -0.3 is 21.1 Å². The maximum Gasteiger partial charge on any atom is 0.411 e. The highest BCUT2D eigenvalue weighted by molar-refractivity contribution is 6.31. The SMILES string of the molecule is COC(=O)Nc1ccc2c(c1)NC(=O)C(C)CCCC(NC(=O)/C(N)=C(\C)N(N)c1cccc(Cl)c1F)c1cc-2c(F)cn1. The number of benzene rings is 2. The number of nitrogens with one attached hydrogen (secondary N) is 3. The number of anilines is 3. The summed E-state index contributed by atoms with van der Waals surface area (Å²) >= 11 is 5.87. The van der Waals surface area contributed by atoms with Gasteiger partial charge in [0, 0.05) is 22.7 Å². The van der Waals surface area contributed by atoms with Crippen LogP contribution in [0.4, 0.5) is 30.6 Å². The van der Waals surface area contributed by atoms with E-state index in [4.69, 9.17) is 23.2 Å². The number of carbonyl (C=O) groups is 3. The van der Waals surface area contributed by atoms with Gasteiger partial charge in [-0.1, -0.05) is 37.1 Å². The third-order valence-electron chi connectivity index (χ3n) is 7.30. The number of amides is 3. The quantitative estimate of drug-likeness (QED) is 0.144. The summed E-state index contributed by atoms with van der Waals surface area (Å²) in [5, 5.41) is 8.96.